The molecule has 1 aromatic carbocycles. The highest BCUT2D eigenvalue weighted by molar-refractivity contribution is 9.09. The molecule has 3 nitrogen and oxygen atoms in total. The zero-order chi connectivity index (χ0) is 11.3. The van der Waals surface area contributed by atoms with Crippen LogP contribution in [0.1, 0.15) is 10.4 Å². The first kappa shape index (κ1) is 12.0. The normalized spacial score (nSPS) is 9.80. The lowest BCUT2D eigenvalue weighted by atomic mass is 10.2. The number of ether oxygens (including phenoxy) is 1. The summed E-state index contributed by atoms with van der Waals surface area (Å²) in [5, 5.41) is 0.783. The van der Waals surface area contributed by atoms with Crippen LogP contribution < -0.4 is 4.74 Å². The van der Waals surface area contributed by atoms with E-state index < -0.39 is 0 Å². The number of alkyl halides is 1. The highest BCUT2D eigenvalue weighted by Crippen LogP contribution is 2.12. The molecule has 1 aromatic rings. The molecule has 0 saturated carbocycles. The van der Waals surface area contributed by atoms with Crippen LogP contribution >= 0.6 is 15.9 Å². The number of carbonyl (C=O) groups excluding carboxylic acids is 1. The second kappa shape index (κ2) is 5.75. The minimum Gasteiger partial charge on any atom is -0.497 e. The van der Waals surface area contributed by atoms with Crippen molar-refractivity contribution in [2.24, 2.45) is 0 Å². The zero-order valence-electron chi connectivity index (χ0n) is 8.87. The van der Waals surface area contributed by atoms with Crippen molar-refractivity contribution >= 4 is 21.8 Å². The molecule has 1 rings (SSSR count). The largest absolute Gasteiger partial charge is 0.497 e. The average Bonchev–Trinajstić information content (AvgIpc) is 2.28. The van der Waals surface area contributed by atoms with Gasteiger partial charge in [0.1, 0.15) is 5.75 Å². The average molecular weight is 272 g/mol. The molecule has 0 aliphatic heterocycles. The van der Waals surface area contributed by atoms with Gasteiger partial charge in [-0.3, -0.25) is 4.79 Å². The molecule has 0 aliphatic rings. The maximum Gasteiger partial charge on any atom is 0.253 e. The van der Waals surface area contributed by atoms with E-state index in [9.17, 15) is 4.79 Å². The van der Waals surface area contributed by atoms with E-state index in [1.165, 1.54) is 0 Å². The molecule has 1 amide bonds. The Labute approximate surface area is 98.2 Å². The van der Waals surface area contributed by atoms with Crippen molar-refractivity contribution in [1.29, 1.82) is 0 Å². The van der Waals surface area contributed by atoms with Crippen molar-refractivity contribution < 1.29 is 9.53 Å². The van der Waals surface area contributed by atoms with Crippen LogP contribution in [-0.4, -0.2) is 36.8 Å². The van der Waals surface area contributed by atoms with Crippen LogP contribution in [-0.2, 0) is 0 Å². The monoisotopic (exact) mass is 271 g/mol. The van der Waals surface area contributed by atoms with Crippen LogP contribution in [0, 0.1) is 0 Å². The fraction of sp³-hybridized carbons (Fsp3) is 0.364. The predicted octanol–water partition coefficient (Wildman–Crippen LogP) is 2.16. The molecule has 0 aromatic heterocycles. The molecule has 0 heterocycles. The quantitative estimate of drug-likeness (QED) is 0.786. The molecule has 0 fully saturated rings. The van der Waals surface area contributed by atoms with Crippen molar-refractivity contribution in [3.63, 3.8) is 0 Å². The number of benzene rings is 1. The van der Waals surface area contributed by atoms with Crippen molar-refractivity contribution in [2.75, 3.05) is 26.0 Å². The molecular weight excluding hydrogens is 258 g/mol. The predicted molar refractivity (Wildman–Crippen MR) is 63.7 cm³/mol. The Hall–Kier alpha value is -1.03. The highest BCUT2D eigenvalue weighted by atomic mass is 79.9. The second-order valence-corrected chi connectivity index (χ2v) is 3.94. The minimum atomic E-state index is 0.0251. The second-order valence-electron chi connectivity index (χ2n) is 3.14. The summed E-state index contributed by atoms with van der Waals surface area (Å²) in [6.45, 7) is 0.699. The van der Waals surface area contributed by atoms with Crippen LogP contribution in [0.15, 0.2) is 24.3 Å². The summed E-state index contributed by atoms with van der Waals surface area (Å²) >= 11 is 3.30. The zero-order valence-corrected chi connectivity index (χ0v) is 10.5. The van der Waals surface area contributed by atoms with E-state index in [2.05, 4.69) is 15.9 Å². The van der Waals surface area contributed by atoms with Gasteiger partial charge in [-0.15, -0.1) is 0 Å². The molecule has 15 heavy (non-hydrogen) atoms. The summed E-state index contributed by atoms with van der Waals surface area (Å²) < 4.78 is 5.02. The maximum absolute atomic E-state index is 11.8. The number of hydrogen-bond donors (Lipinski definition) is 0. The van der Waals surface area contributed by atoms with E-state index in [0.717, 1.165) is 11.1 Å². The molecule has 0 atom stereocenters. The number of rotatable bonds is 4. The Morgan fingerprint density at radius 2 is 2.00 bits per heavy atom. The number of hydrogen-bond acceptors (Lipinski definition) is 2. The molecule has 0 spiro atoms. The SMILES string of the molecule is COc1ccc(C(=O)N(C)CCBr)cc1. The molecular formula is C11H14BrNO2. The summed E-state index contributed by atoms with van der Waals surface area (Å²) in [6, 6.07) is 7.11. The first-order valence-electron chi connectivity index (χ1n) is 4.64. The number of methoxy groups -OCH3 is 1. The Bertz CT molecular complexity index is 324. The summed E-state index contributed by atoms with van der Waals surface area (Å²) in [4.78, 5) is 13.5. The van der Waals surface area contributed by atoms with Crippen LogP contribution in [0.3, 0.4) is 0 Å². The third-order valence-corrected chi connectivity index (χ3v) is 2.46. The van der Waals surface area contributed by atoms with Crippen molar-refractivity contribution in [3.05, 3.63) is 29.8 Å². The van der Waals surface area contributed by atoms with E-state index in [1.54, 1.807) is 43.3 Å². The van der Waals surface area contributed by atoms with E-state index in [0.29, 0.717) is 12.1 Å². The summed E-state index contributed by atoms with van der Waals surface area (Å²) in [6.07, 6.45) is 0. The van der Waals surface area contributed by atoms with Crippen molar-refractivity contribution in [2.45, 2.75) is 0 Å². The standard InChI is InChI=1S/C11H14BrNO2/c1-13(8-7-12)11(14)9-3-5-10(15-2)6-4-9/h3-6H,7-8H2,1-2H3. The van der Waals surface area contributed by atoms with E-state index in [-0.39, 0.29) is 5.91 Å². The smallest absolute Gasteiger partial charge is 0.253 e. The van der Waals surface area contributed by atoms with Gasteiger partial charge in [-0.1, -0.05) is 15.9 Å². The van der Waals surface area contributed by atoms with E-state index >= 15 is 0 Å². The van der Waals surface area contributed by atoms with Crippen molar-refractivity contribution in [3.8, 4) is 5.75 Å². The van der Waals surface area contributed by atoms with E-state index in [4.69, 9.17) is 4.74 Å². The molecule has 4 heteroatoms. The van der Waals surface area contributed by atoms with Crippen LogP contribution in [0.2, 0.25) is 0 Å². The van der Waals surface area contributed by atoms with Crippen molar-refractivity contribution in [1.82, 2.24) is 4.90 Å². The highest BCUT2D eigenvalue weighted by Gasteiger charge is 2.10. The molecule has 0 bridgehead atoms. The van der Waals surface area contributed by atoms with Gasteiger partial charge in [0.2, 0.25) is 0 Å². The number of amides is 1. The fourth-order valence-electron chi connectivity index (χ4n) is 1.18. The Balaban J connectivity index is 2.73. The van der Waals surface area contributed by atoms with Gasteiger partial charge in [-0.25, -0.2) is 0 Å². The molecule has 82 valence electrons. The number of nitrogens with zero attached hydrogens (tertiary/aromatic N) is 1. The fourth-order valence-corrected chi connectivity index (χ4v) is 1.71. The van der Waals surface area contributed by atoms with Gasteiger partial charge < -0.3 is 9.64 Å². The summed E-state index contributed by atoms with van der Waals surface area (Å²) in [7, 11) is 3.39. The van der Waals surface area contributed by atoms with Crippen LogP contribution in [0.25, 0.3) is 0 Å². The molecule has 0 aliphatic carbocycles. The first-order chi connectivity index (χ1) is 7.19. The van der Waals surface area contributed by atoms with Gasteiger partial charge in [0.25, 0.3) is 5.91 Å². The summed E-state index contributed by atoms with van der Waals surface area (Å²) in [5.74, 6) is 0.784. The first-order valence-corrected chi connectivity index (χ1v) is 5.76. The molecule has 0 saturated heterocycles. The lowest BCUT2D eigenvalue weighted by Crippen LogP contribution is -2.28. The Morgan fingerprint density at radius 3 is 2.47 bits per heavy atom. The lowest BCUT2D eigenvalue weighted by Gasteiger charge is -2.15. The van der Waals surface area contributed by atoms with Gasteiger partial charge in [-0.05, 0) is 24.3 Å². The number of carbonyl (C=O) groups is 1. The van der Waals surface area contributed by atoms with Gasteiger partial charge in [0.05, 0.1) is 7.11 Å². The lowest BCUT2D eigenvalue weighted by molar-refractivity contribution is 0.0804. The van der Waals surface area contributed by atoms with Gasteiger partial charge in [0, 0.05) is 24.5 Å². The van der Waals surface area contributed by atoms with Gasteiger partial charge >= 0.3 is 0 Å². The molecule has 0 unspecified atom stereocenters. The Morgan fingerprint density at radius 1 is 1.40 bits per heavy atom. The third kappa shape index (κ3) is 3.23. The van der Waals surface area contributed by atoms with Crippen LogP contribution in [0.4, 0.5) is 0 Å². The van der Waals surface area contributed by atoms with Crippen LogP contribution in [0.5, 0.6) is 5.75 Å². The Kier molecular flexibility index (Phi) is 4.62. The summed E-state index contributed by atoms with van der Waals surface area (Å²) in [5.41, 5.74) is 0.680. The third-order valence-electron chi connectivity index (χ3n) is 2.10. The maximum atomic E-state index is 11.8. The topological polar surface area (TPSA) is 29.5 Å². The van der Waals surface area contributed by atoms with Gasteiger partial charge in [-0.2, -0.15) is 0 Å². The number of halogens is 1. The molecule has 0 radical (unpaired) electrons. The van der Waals surface area contributed by atoms with Gasteiger partial charge in [0.15, 0.2) is 0 Å². The minimum absolute atomic E-state index is 0.0251. The molecule has 0 N–H and O–H groups in total. The van der Waals surface area contributed by atoms with E-state index in [1.807, 2.05) is 0 Å².